The molecule has 0 spiro atoms. The van der Waals surface area contributed by atoms with Gasteiger partial charge in [0, 0.05) is 0 Å². The summed E-state index contributed by atoms with van der Waals surface area (Å²) in [5, 5.41) is 4.31. The summed E-state index contributed by atoms with van der Waals surface area (Å²) in [6.07, 6.45) is 2.15. The molecule has 3 rings (SSSR count). The van der Waals surface area contributed by atoms with Crippen LogP contribution < -0.4 is 45.6 Å². The highest BCUT2D eigenvalue weighted by Crippen LogP contribution is 2.55. The highest BCUT2D eigenvalue weighted by Gasteiger charge is 2.44. The fourth-order valence-electron chi connectivity index (χ4n) is 3.21. The molecule has 24 heavy (non-hydrogen) atoms. The lowest BCUT2D eigenvalue weighted by Gasteiger charge is -2.27. The molecule has 0 amide bonds. The summed E-state index contributed by atoms with van der Waals surface area (Å²) in [4.78, 5) is 0. The summed E-state index contributed by atoms with van der Waals surface area (Å²) >= 11 is 0. The second kappa shape index (κ2) is 9.31. The van der Waals surface area contributed by atoms with Crippen LogP contribution in [0.2, 0.25) is 0 Å². The molecule has 0 fully saturated rings. The average Bonchev–Trinajstić information content (AvgIpc) is 2.65. The second-order valence-corrected chi connectivity index (χ2v) is 9.30. The molecule has 0 bridgehead atoms. The zero-order chi connectivity index (χ0) is 16.0. The zero-order valence-electron chi connectivity index (χ0n) is 13.7. The van der Waals surface area contributed by atoms with Gasteiger partial charge in [-0.3, -0.25) is 0 Å². The van der Waals surface area contributed by atoms with Crippen molar-refractivity contribution in [2.75, 3.05) is 12.7 Å². The molecule has 0 saturated heterocycles. The molecule has 0 saturated carbocycles. The number of rotatable bonds is 6. The van der Waals surface area contributed by atoms with Crippen molar-refractivity contribution in [3.05, 3.63) is 91.0 Å². The maximum absolute atomic E-state index is 5.89. The molecule has 0 heterocycles. The van der Waals surface area contributed by atoms with E-state index in [1.807, 2.05) is 0 Å². The first kappa shape index (κ1) is 19.1. The zero-order valence-corrected chi connectivity index (χ0v) is 16.7. The van der Waals surface area contributed by atoms with Gasteiger partial charge < -0.3 is 29.7 Å². The Labute approximate surface area is 162 Å². The molecule has 3 aromatic rings. The van der Waals surface area contributed by atoms with Crippen LogP contribution in [0.25, 0.3) is 0 Å². The normalized spacial score (nSPS) is 10.9. The molecular formula is C21H23INP. The van der Waals surface area contributed by atoms with Crippen LogP contribution in [0.15, 0.2) is 91.0 Å². The van der Waals surface area contributed by atoms with Crippen LogP contribution in [-0.2, 0) is 0 Å². The lowest BCUT2D eigenvalue weighted by molar-refractivity contribution is -0.00000457. The molecular weight excluding hydrogens is 424 g/mol. The number of nitrogens with two attached hydrogens (primary N) is 1. The van der Waals surface area contributed by atoms with Gasteiger partial charge in [-0.2, -0.15) is 0 Å². The molecule has 0 aliphatic heterocycles. The Hall–Kier alpha value is -1.22. The summed E-state index contributed by atoms with van der Waals surface area (Å²) < 4.78 is 0. The lowest BCUT2D eigenvalue weighted by Crippen LogP contribution is -3.00. The molecule has 3 aromatic carbocycles. The summed E-state index contributed by atoms with van der Waals surface area (Å²) in [5.74, 6) is 0. The number of halogens is 1. The third-order valence-corrected chi connectivity index (χ3v) is 8.81. The topological polar surface area (TPSA) is 26.0 Å². The maximum Gasteiger partial charge on any atom is 0.112 e. The third-order valence-electron chi connectivity index (χ3n) is 4.29. The van der Waals surface area contributed by atoms with Gasteiger partial charge in [0.05, 0.1) is 6.16 Å². The highest BCUT2D eigenvalue weighted by molar-refractivity contribution is 7.95. The predicted molar refractivity (Wildman–Crippen MR) is 104 cm³/mol. The summed E-state index contributed by atoms with van der Waals surface area (Å²) in [7, 11) is -1.65. The molecule has 0 aromatic heterocycles. The van der Waals surface area contributed by atoms with Crippen LogP contribution in [0, 0.1) is 0 Å². The van der Waals surface area contributed by atoms with E-state index in [9.17, 15) is 0 Å². The van der Waals surface area contributed by atoms with Gasteiger partial charge in [-0.25, -0.2) is 0 Å². The quantitative estimate of drug-likeness (QED) is 0.428. The van der Waals surface area contributed by atoms with Crippen molar-refractivity contribution < 1.29 is 24.0 Å². The van der Waals surface area contributed by atoms with Crippen LogP contribution in [0.4, 0.5) is 0 Å². The van der Waals surface area contributed by atoms with Gasteiger partial charge in [-0.1, -0.05) is 54.6 Å². The summed E-state index contributed by atoms with van der Waals surface area (Å²) in [6, 6.07) is 32.9. The Morgan fingerprint density at radius 2 is 0.917 bits per heavy atom. The summed E-state index contributed by atoms with van der Waals surface area (Å²) in [6.45, 7) is 0.730. The standard InChI is InChI=1S/C21H23NP.HI/c22-17-10-18-23(19-11-4-1-5-12-19,20-13-6-2-7-14-20)21-15-8-3-9-16-21;/h1-9,11-16H,10,17-18,22H2;1H/q+1;/p-1. The van der Waals surface area contributed by atoms with E-state index in [1.165, 1.54) is 15.9 Å². The molecule has 2 N–H and O–H groups in total. The van der Waals surface area contributed by atoms with Gasteiger partial charge in [-0.05, 0) is 49.4 Å². The van der Waals surface area contributed by atoms with Crippen LogP contribution in [0.5, 0.6) is 0 Å². The van der Waals surface area contributed by atoms with Crippen molar-refractivity contribution in [3.63, 3.8) is 0 Å². The van der Waals surface area contributed by atoms with Gasteiger partial charge >= 0.3 is 0 Å². The van der Waals surface area contributed by atoms with E-state index >= 15 is 0 Å². The molecule has 0 unspecified atom stereocenters. The minimum atomic E-state index is -1.65. The first-order chi connectivity index (χ1) is 11.4. The first-order valence-corrected chi connectivity index (χ1v) is 10.1. The van der Waals surface area contributed by atoms with E-state index in [2.05, 4.69) is 91.0 Å². The molecule has 3 heteroatoms. The van der Waals surface area contributed by atoms with Crippen molar-refractivity contribution >= 4 is 23.2 Å². The van der Waals surface area contributed by atoms with Gasteiger partial charge in [0.2, 0.25) is 0 Å². The van der Waals surface area contributed by atoms with Crippen LogP contribution in [-0.4, -0.2) is 12.7 Å². The van der Waals surface area contributed by atoms with Crippen molar-refractivity contribution in [1.82, 2.24) is 0 Å². The Bertz CT molecular complexity index is 620. The van der Waals surface area contributed by atoms with Gasteiger partial charge in [0.15, 0.2) is 0 Å². The molecule has 0 aliphatic carbocycles. The SMILES string of the molecule is NCCC[P+](c1ccccc1)(c1ccccc1)c1ccccc1.[I-]. The Morgan fingerprint density at radius 3 is 1.21 bits per heavy atom. The van der Waals surface area contributed by atoms with Crippen molar-refractivity contribution in [1.29, 1.82) is 0 Å². The Kier molecular flexibility index (Phi) is 7.41. The minimum Gasteiger partial charge on any atom is -1.00 e. The van der Waals surface area contributed by atoms with Crippen molar-refractivity contribution in [3.8, 4) is 0 Å². The molecule has 0 atom stereocenters. The molecule has 124 valence electrons. The summed E-state index contributed by atoms with van der Waals surface area (Å²) in [5.41, 5.74) is 5.89. The van der Waals surface area contributed by atoms with E-state index in [1.54, 1.807) is 0 Å². The fourth-order valence-corrected chi connectivity index (χ4v) is 7.58. The Morgan fingerprint density at radius 1 is 0.583 bits per heavy atom. The fraction of sp³-hybridized carbons (Fsp3) is 0.143. The van der Waals surface area contributed by atoms with Crippen LogP contribution >= 0.6 is 7.26 Å². The number of hydrogen-bond donors (Lipinski definition) is 1. The third kappa shape index (κ3) is 3.88. The van der Waals surface area contributed by atoms with Crippen molar-refractivity contribution in [2.24, 2.45) is 5.73 Å². The average molecular weight is 447 g/mol. The number of benzene rings is 3. The molecule has 1 nitrogen and oxygen atoms in total. The Balaban J connectivity index is 0.00000208. The maximum atomic E-state index is 5.89. The van der Waals surface area contributed by atoms with Gasteiger partial charge in [-0.15, -0.1) is 0 Å². The molecule has 0 aliphatic rings. The second-order valence-electron chi connectivity index (χ2n) is 5.68. The smallest absolute Gasteiger partial charge is 0.112 e. The first-order valence-electron chi connectivity index (χ1n) is 8.13. The molecule has 0 radical (unpaired) electrons. The lowest BCUT2D eigenvalue weighted by atomic mass is 10.4. The van der Waals surface area contributed by atoms with E-state index < -0.39 is 7.26 Å². The van der Waals surface area contributed by atoms with E-state index in [0.29, 0.717) is 0 Å². The highest BCUT2D eigenvalue weighted by atomic mass is 127. The van der Waals surface area contributed by atoms with E-state index in [-0.39, 0.29) is 24.0 Å². The van der Waals surface area contributed by atoms with E-state index in [0.717, 1.165) is 19.1 Å². The van der Waals surface area contributed by atoms with Crippen LogP contribution in [0.3, 0.4) is 0 Å². The largest absolute Gasteiger partial charge is 1.00 e. The monoisotopic (exact) mass is 447 g/mol. The van der Waals surface area contributed by atoms with E-state index in [4.69, 9.17) is 5.73 Å². The minimum absolute atomic E-state index is 0. The number of hydrogen-bond acceptors (Lipinski definition) is 1. The van der Waals surface area contributed by atoms with Crippen LogP contribution in [0.1, 0.15) is 6.42 Å². The van der Waals surface area contributed by atoms with Gasteiger partial charge in [0.25, 0.3) is 0 Å². The predicted octanol–water partition coefficient (Wildman–Crippen LogP) is 0.333. The van der Waals surface area contributed by atoms with Crippen molar-refractivity contribution in [2.45, 2.75) is 6.42 Å². The van der Waals surface area contributed by atoms with Gasteiger partial charge in [0.1, 0.15) is 23.2 Å².